The summed E-state index contributed by atoms with van der Waals surface area (Å²) < 4.78 is 0. The number of rotatable bonds is 6. The van der Waals surface area contributed by atoms with Crippen molar-refractivity contribution in [1.29, 1.82) is 0 Å². The van der Waals surface area contributed by atoms with Crippen molar-refractivity contribution < 1.29 is 0 Å². The lowest BCUT2D eigenvalue weighted by molar-refractivity contribution is 0.516. The summed E-state index contributed by atoms with van der Waals surface area (Å²) in [4.78, 5) is 19.0. The molecule has 0 saturated heterocycles. The number of allylic oxidation sites excluding steroid dienone is 6. The molecule has 4 heteroatoms. The average molecular weight is 445 g/mol. The zero-order chi connectivity index (χ0) is 23.3. The lowest BCUT2D eigenvalue weighted by Crippen LogP contribution is -2.13. The predicted molar refractivity (Wildman–Crippen MR) is 140 cm³/mol. The third-order valence-corrected chi connectivity index (χ3v) is 6.42. The number of hydrogen-bond acceptors (Lipinski definition) is 4. The average Bonchev–Trinajstić information content (AvgIpc) is 2.90. The summed E-state index contributed by atoms with van der Waals surface area (Å²) in [5.74, 6) is 1.26. The van der Waals surface area contributed by atoms with E-state index in [0.717, 1.165) is 46.7 Å². The van der Waals surface area contributed by atoms with E-state index in [-0.39, 0.29) is 17.9 Å². The van der Waals surface area contributed by atoms with Gasteiger partial charge < -0.3 is 0 Å². The fourth-order valence-electron chi connectivity index (χ4n) is 4.66. The lowest BCUT2D eigenvalue weighted by atomic mass is 9.87. The van der Waals surface area contributed by atoms with E-state index < -0.39 is 0 Å². The van der Waals surface area contributed by atoms with Crippen LogP contribution < -0.4 is 0 Å². The van der Waals surface area contributed by atoms with E-state index >= 15 is 0 Å². The number of dihydropyridines is 1. The molecule has 0 fully saturated rings. The first-order valence-electron chi connectivity index (χ1n) is 11.8. The molecule has 168 valence electrons. The van der Waals surface area contributed by atoms with Gasteiger partial charge >= 0.3 is 0 Å². The number of nitrogens with zero attached hydrogens (tertiary/aromatic N) is 4. The highest BCUT2D eigenvalue weighted by Crippen LogP contribution is 2.35. The van der Waals surface area contributed by atoms with Crippen molar-refractivity contribution in [2.45, 2.75) is 31.7 Å². The molecule has 0 radical (unpaired) electrons. The third kappa shape index (κ3) is 4.58. The number of hydrogen-bond donors (Lipinski definition) is 0. The Hall–Kier alpha value is -3.92. The quantitative estimate of drug-likeness (QED) is 0.391. The van der Waals surface area contributed by atoms with Gasteiger partial charge in [-0.15, -0.1) is 6.58 Å². The highest BCUT2D eigenvalue weighted by Gasteiger charge is 2.23. The standard InChI is InChI=1S/C30H28N4/c1-3-9-22-14-8-16-32-29(22)27-19-25(15-17-31-27)24-12-7-13-26(18-24)28-21(2)20-33-30(34-28)23-10-5-4-6-11-23/h3-8,10-12,14-20,22,26,29H,1,9,13H2,2H3/t22-,26?,29?/m0/s1. The molecule has 2 aliphatic rings. The van der Waals surface area contributed by atoms with Crippen LogP contribution >= 0.6 is 0 Å². The Morgan fingerprint density at radius 3 is 2.82 bits per heavy atom. The summed E-state index contributed by atoms with van der Waals surface area (Å²) in [6.45, 7) is 6.00. The van der Waals surface area contributed by atoms with E-state index in [0.29, 0.717) is 0 Å². The molecule has 1 aliphatic heterocycles. The zero-order valence-electron chi connectivity index (χ0n) is 19.4. The van der Waals surface area contributed by atoms with Gasteiger partial charge in [0.15, 0.2) is 5.82 Å². The van der Waals surface area contributed by atoms with Gasteiger partial charge in [-0.05, 0) is 54.7 Å². The Morgan fingerprint density at radius 2 is 1.97 bits per heavy atom. The van der Waals surface area contributed by atoms with Crippen LogP contribution in [0.4, 0.5) is 0 Å². The normalized spacial score (nSPS) is 21.3. The van der Waals surface area contributed by atoms with E-state index in [9.17, 15) is 0 Å². The minimum atomic E-state index is 0.0180. The summed E-state index contributed by atoms with van der Waals surface area (Å²) in [6, 6.07) is 14.4. The maximum atomic E-state index is 4.98. The predicted octanol–water partition coefficient (Wildman–Crippen LogP) is 6.85. The minimum Gasteiger partial charge on any atom is -0.283 e. The van der Waals surface area contributed by atoms with Crippen LogP contribution in [0, 0.1) is 12.8 Å². The lowest BCUT2D eigenvalue weighted by Gasteiger charge is -2.23. The largest absolute Gasteiger partial charge is 0.283 e. The minimum absolute atomic E-state index is 0.0180. The van der Waals surface area contributed by atoms with Gasteiger partial charge in [-0.2, -0.15) is 0 Å². The third-order valence-electron chi connectivity index (χ3n) is 6.42. The van der Waals surface area contributed by atoms with Crippen LogP contribution in [0.1, 0.15) is 47.3 Å². The summed E-state index contributed by atoms with van der Waals surface area (Å²) in [5.41, 5.74) is 6.57. The Kier molecular flexibility index (Phi) is 6.39. The van der Waals surface area contributed by atoms with Crippen LogP contribution in [0.15, 0.2) is 103 Å². The number of aromatic nitrogens is 3. The second-order valence-electron chi connectivity index (χ2n) is 8.78. The van der Waals surface area contributed by atoms with Crippen LogP contribution in [0.5, 0.6) is 0 Å². The van der Waals surface area contributed by atoms with Crippen molar-refractivity contribution in [2.75, 3.05) is 0 Å². The van der Waals surface area contributed by atoms with Gasteiger partial charge in [-0.1, -0.05) is 60.7 Å². The molecular formula is C30H28N4. The first-order valence-corrected chi connectivity index (χ1v) is 11.8. The summed E-state index contributed by atoms with van der Waals surface area (Å²) in [6.07, 6.45) is 20.5. The topological polar surface area (TPSA) is 51.0 Å². The van der Waals surface area contributed by atoms with E-state index in [1.165, 1.54) is 5.57 Å². The highest BCUT2D eigenvalue weighted by molar-refractivity contribution is 5.76. The molecule has 0 saturated carbocycles. The first kappa shape index (κ1) is 21.9. The van der Waals surface area contributed by atoms with Crippen molar-refractivity contribution in [2.24, 2.45) is 10.9 Å². The molecule has 2 aromatic heterocycles. The fraction of sp³-hybridized carbons (Fsp3) is 0.200. The Balaban J connectivity index is 1.46. The number of pyridine rings is 1. The van der Waals surface area contributed by atoms with Crippen LogP contribution in [-0.2, 0) is 0 Å². The van der Waals surface area contributed by atoms with Crippen molar-refractivity contribution in [3.8, 4) is 11.4 Å². The number of aryl methyl sites for hydroxylation is 1. The Morgan fingerprint density at radius 1 is 1.09 bits per heavy atom. The van der Waals surface area contributed by atoms with Gasteiger partial charge in [-0.25, -0.2) is 9.97 Å². The Labute approximate surface area is 201 Å². The van der Waals surface area contributed by atoms with Gasteiger partial charge in [0.05, 0.1) is 17.4 Å². The van der Waals surface area contributed by atoms with Crippen molar-refractivity contribution >= 4 is 11.8 Å². The highest BCUT2D eigenvalue weighted by atomic mass is 14.9. The maximum Gasteiger partial charge on any atom is 0.159 e. The van der Waals surface area contributed by atoms with Gasteiger partial charge in [0, 0.05) is 36.0 Å². The van der Waals surface area contributed by atoms with Crippen LogP contribution in [-0.4, -0.2) is 21.2 Å². The molecule has 3 heterocycles. The summed E-state index contributed by atoms with van der Waals surface area (Å²) in [7, 11) is 0. The maximum absolute atomic E-state index is 4.98. The van der Waals surface area contributed by atoms with Gasteiger partial charge in [0.1, 0.15) is 0 Å². The summed E-state index contributed by atoms with van der Waals surface area (Å²) >= 11 is 0. The molecule has 1 aromatic carbocycles. The van der Waals surface area contributed by atoms with Crippen LogP contribution in [0.25, 0.3) is 17.0 Å². The molecule has 3 aromatic rings. The number of aliphatic imine (C=N–C) groups is 1. The van der Waals surface area contributed by atoms with E-state index in [4.69, 9.17) is 9.98 Å². The van der Waals surface area contributed by atoms with Gasteiger partial charge in [-0.3, -0.25) is 9.98 Å². The smallest absolute Gasteiger partial charge is 0.159 e. The van der Waals surface area contributed by atoms with E-state index in [1.54, 1.807) is 0 Å². The van der Waals surface area contributed by atoms with Crippen LogP contribution in [0.2, 0.25) is 0 Å². The zero-order valence-corrected chi connectivity index (χ0v) is 19.4. The molecule has 5 rings (SSSR count). The molecule has 4 nitrogen and oxygen atoms in total. The first-order chi connectivity index (χ1) is 16.7. The molecule has 0 bridgehead atoms. The second-order valence-corrected chi connectivity index (χ2v) is 8.78. The van der Waals surface area contributed by atoms with Gasteiger partial charge in [0.25, 0.3) is 0 Å². The SMILES string of the molecule is C=CC[C@H]1C=CC=NC1c1cc(C2=CC(c3nc(-c4ccccc4)ncc3C)CC=C2)ccn1. The van der Waals surface area contributed by atoms with Crippen molar-refractivity contribution in [3.05, 3.63) is 120 Å². The monoisotopic (exact) mass is 444 g/mol. The molecule has 0 amide bonds. The van der Waals surface area contributed by atoms with E-state index in [2.05, 4.69) is 72.0 Å². The molecule has 3 atom stereocenters. The number of benzene rings is 1. The van der Waals surface area contributed by atoms with E-state index in [1.807, 2.05) is 49.0 Å². The van der Waals surface area contributed by atoms with Crippen LogP contribution in [0.3, 0.4) is 0 Å². The molecule has 1 aliphatic carbocycles. The fourth-order valence-corrected chi connectivity index (χ4v) is 4.66. The second kappa shape index (κ2) is 9.92. The van der Waals surface area contributed by atoms with Gasteiger partial charge in [0.2, 0.25) is 0 Å². The van der Waals surface area contributed by atoms with Crippen molar-refractivity contribution in [1.82, 2.24) is 15.0 Å². The van der Waals surface area contributed by atoms with Crippen molar-refractivity contribution in [3.63, 3.8) is 0 Å². The molecule has 2 unspecified atom stereocenters. The molecular weight excluding hydrogens is 416 g/mol. The summed E-state index contributed by atoms with van der Waals surface area (Å²) in [5, 5.41) is 0. The molecule has 34 heavy (non-hydrogen) atoms. The molecule has 0 spiro atoms. The Bertz CT molecular complexity index is 1300. The molecule has 0 N–H and O–H groups in total.